The quantitative estimate of drug-likeness (QED) is 0.679. The molecule has 0 bridgehead atoms. The van der Waals surface area contributed by atoms with Crippen molar-refractivity contribution in [2.24, 2.45) is 0 Å². The molecule has 0 aromatic carbocycles. The minimum absolute atomic E-state index is 0.475. The van der Waals surface area contributed by atoms with Crippen LogP contribution in [0, 0.1) is 0 Å². The lowest BCUT2D eigenvalue weighted by molar-refractivity contribution is 0.551. The van der Waals surface area contributed by atoms with Crippen molar-refractivity contribution in [2.75, 3.05) is 0 Å². The molecular weight excluding hydrogens is 291 g/mol. The van der Waals surface area contributed by atoms with Gasteiger partial charge in [0.05, 0.1) is 5.52 Å². The molecule has 0 spiro atoms. The molecule has 0 aliphatic carbocycles. The van der Waals surface area contributed by atoms with Crippen LogP contribution in [0.5, 0.6) is 0 Å². The third-order valence-corrected chi connectivity index (χ3v) is 3.00. The number of aromatic nitrogens is 2. The van der Waals surface area contributed by atoms with Crippen LogP contribution in [0.3, 0.4) is 0 Å². The van der Waals surface area contributed by atoms with Crippen LogP contribution in [0.25, 0.3) is 17.1 Å². The molecule has 0 atom stereocenters. The molecule has 3 aromatic heterocycles. The molecule has 0 saturated carbocycles. The van der Waals surface area contributed by atoms with Crippen molar-refractivity contribution in [3.8, 4) is 11.6 Å². The van der Waals surface area contributed by atoms with Gasteiger partial charge >= 0.3 is 0 Å². The number of hydrogen-bond donors (Lipinski definition) is 0. The summed E-state index contributed by atoms with van der Waals surface area (Å²) in [5.74, 6) is 1.38. The molecule has 0 aliphatic rings. The highest BCUT2D eigenvalue weighted by atomic mass is 79.9. The van der Waals surface area contributed by atoms with E-state index < -0.39 is 0 Å². The Morgan fingerprint density at radius 1 is 1.25 bits per heavy atom. The zero-order chi connectivity index (χ0) is 11.1. The Morgan fingerprint density at radius 2 is 2.12 bits per heavy atom. The summed E-state index contributed by atoms with van der Waals surface area (Å²) in [4.78, 5) is 4.29. The van der Waals surface area contributed by atoms with E-state index in [2.05, 4.69) is 20.9 Å². The van der Waals surface area contributed by atoms with Gasteiger partial charge in [0.2, 0.25) is 0 Å². The van der Waals surface area contributed by atoms with Crippen molar-refractivity contribution in [2.45, 2.75) is 0 Å². The van der Waals surface area contributed by atoms with E-state index in [-0.39, 0.29) is 0 Å². The lowest BCUT2D eigenvalue weighted by Gasteiger charge is -1.96. The Bertz CT molecular complexity index is 659. The number of furan rings is 1. The molecule has 0 unspecified atom stereocenters. The zero-order valence-electron chi connectivity index (χ0n) is 8.02. The van der Waals surface area contributed by atoms with Gasteiger partial charge < -0.3 is 4.42 Å². The molecule has 3 aromatic rings. The molecule has 0 radical (unpaired) electrons. The maximum absolute atomic E-state index is 6.05. The third-order valence-electron chi connectivity index (χ3n) is 2.30. The van der Waals surface area contributed by atoms with E-state index in [1.165, 1.54) is 0 Å². The van der Waals surface area contributed by atoms with E-state index in [1.807, 2.05) is 40.9 Å². The summed E-state index contributed by atoms with van der Waals surface area (Å²) < 4.78 is 8.03. The fraction of sp³-hybridized carbons (Fsp3) is 0. The summed E-state index contributed by atoms with van der Waals surface area (Å²) in [6, 6.07) is 9.43. The Morgan fingerprint density at radius 3 is 2.88 bits per heavy atom. The summed E-state index contributed by atoms with van der Waals surface area (Å²) in [5, 5.41) is 0.475. The SMILES string of the molecule is Clc1nc(-c2ccc(Br)o2)n2ccccc12. The summed E-state index contributed by atoms with van der Waals surface area (Å²) in [6.45, 7) is 0. The van der Waals surface area contributed by atoms with Gasteiger partial charge in [-0.3, -0.25) is 4.40 Å². The number of halogens is 2. The Hall–Kier alpha value is -1.26. The second-order valence-electron chi connectivity index (χ2n) is 3.29. The summed E-state index contributed by atoms with van der Waals surface area (Å²) in [7, 11) is 0. The van der Waals surface area contributed by atoms with Crippen LogP contribution < -0.4 is 0 Å². The first-order valence-corrected chi connectivity index (χ1v) is 5.81. The van der Waals surface area contributed by atoms with Crippen LogP contribution in [-0.4, -0.2) is 9.38 Å². The molecule has 0 amide bonds. The smallest absolute Gasteiger partial charge is 0.182 e. The van der Waals surface area contributed by atoms with Gasteiger partial charge in [-0.25, -0.2) is 4.98 Å². The van der Waals surface area contributed by atoms with E-state index in [0.29, 0.717) is 21.4 Å². The molecule has 0 aliphatic heterocycles. The minimum Gasteiger partial charge on any atom is -0.446 e. The predicted octanol–water partition coefficient (Wildman–Crippen LogP) is 4.01. The molecule has 3 rings (SSSR count). The van der Waals surface area contributed by atoms with Gasteiger partial charge in [-0.15, -0.1) is 0 Å². The van der Waals surface area contributed by atoms with Crippen LogP contribution >= 0.6 is 27.5 Å². The summed E-state index contributed by atoms with van der Waals surface area (Å²) in [5.41, 5.74) is 0.867. The van der Waals surface area contributed by atoms with E-state index >= 15 is 0 Å². The number of imidazole rings is 1. The van der Waals surface area contributed by atoms with Crippen molar-refractivity contribution < 1.29 is 4.42 Å². The Labute approximate surface area is 105 Å². The van der Waals surface area contributed by atoms with Gasteiger partial charge in [-0.2, -0.15) is 0 Å². The fourth-order valence-electron chi connectivity index (χ4n) is 1.61. The zero-order valence-corrected chi connectivity index (χ0v) is 10.4. The van der Waals surface area contributed by atoms with Gasteiger partial charge in [-0.05, 0) is 40.2 Å². The number of fused-ring (bicyclic) bond motifs is 1. The second kappa shape index (κ2) is 3.64. The number of nitrogens with zero attached hydrogens (tertiary/aromatic N) is 2. The topological polar surface area (TPSA) is 30.4 Å². The molecule has 3 nitrogen and oxygen atoms in total. The van der Waals surface area contributed by atoms with Crippen LogP contribution in [-0.2, 0) is 0 Å². The fourth-order valence-corrected chi connectivity index (χ4v) is 2.15. The number of pyridine rings is 1. The van der Waals surface area contributed by atoms with E-state index in [0.717, 1.165) is 5.52 Å². The number of rotatable bonds is 1. The normalized spacial score (nSPS) is 11.1. The maximum atomic E-state index is 6.05. The van der Waals surface area contributed by atoms with E-state index in [4.69, 9.17) is 16.0 Å². The first-order chi connectivity index (χ1) is 7.75. The van der Waals surface area contributed by atoms with Gasteiger partial charge in [0.25, 0.3) is 0 Å². The highest BCUT2D eigenvalue weighted by Gasteiger charge is 2.13. The van der Waals surface area contributed by atoms with Crippen molar-refractivity contribution in [1.82, 2.24) is 9.38 Å². The Kier molecular flexibility index (Phi) is 2.26. The van der Waals surface area contributed by atoms with Gasteiger partial charge in [0.15, 0.2) is 21.4 Å². The molecular formula is C11H6BrClN2O. The monoisotopic (exact) mass is 296 g/mol. The molecule has 0 fully saturated rings. The van der Waals surface area contributed by atoms with Crippen molar-refractivity contribution in [3.63, 3.8) is 0 Å². The molecule has 0 saturated heterocycles. The van der Waals surface area contributed by atoms with Crippen LogP contribution in [0.2, 0.25) is 5.15 Å². The molecule has 80 valence electrons. The highest BCUT2D eigenvalue weighted by Crippen LogP contribution is 2.28. The standard InChI is InChI=1S/C11H6BrClN2O/c12-9-5-4-8(16-9)11-14-10(13)7-3-1-2-6-15(7)11/h1-6H. The van der Waals surface area contributed by atoms with Gasteiger partial charge in [0, 0.05) is 6.20 Å². The van der Waals surface area contributed by atoms with Crippen LogP contribution in [0.1, 0.15) is 0 Å². The van der Waals surface area contributed by atoms with Crippen LogP contribution in [0.4, 0.5) is 0 Å². The Balaban J connectivity index is 2.32. The first kappa shape index (κ1) is 9.93. The highest BCUT2D eigenvalue weighted by molar-refractivity contribution is 9.10. The largest absolute Gasteiger partial charge is 0.446 e. The average molecular weight is 298 g/mol. The third kappa shape index (κ3) is 1.45. The second-order valence-corrected chi connectivity index (χ2v) is 4.43. The van der Waals surface area contributed by atoms with E-state index in [1.54, 1.807) is 0 Å². The first-order valence-electron chi connectivity index (χ1n) is 4.64. The molecule has 0 N–H and O–H groups in total. The summed E-state index contributed by atoms with van der Waals surface area (Å²) in [6.07, 6.45) is 1.90. The van der Waals surface area contributed by atoms with Crippen LogP contribution in [0.15, 0.2) is 45.6 Å². The number of hydrogen-bond acceptors (Lipinski definition) is 2. The van der Waals surface area contributed by atoms with Crippen molar-refractivity contribution in [3.05, 3.63) is 46.4 Å². The van der Waals surface area contributed by atoms with Crippen molar-refractivity contribution >= 4 is 33.0 Å². The molecule has 3 heterocycles. The molecule has 16 heavy (non-hydrogen) atoms. The lowest BCUT2D eigenvalue weighted by Crippen LogP contribution is -1.86. The average Bonchev–Trinajstić information content (AvgIpc) is 2.84. The molecule has 5 heteroatoms. The van der Waals surface area contributed by atoms with Gasteiger partial charge in [-0.1, -0.05) is 17.7 Å². The predicted molar refractivity (Wildman–Crippen MR) is 65.6 cm³/mol. The van der Waals surface area contributed by atoms with E-state index in [9.17, 15) is 0 Å². The minimum atomic E-state index is 0.475. The van der Waals surface area contributed by atoms with Gasteiger partial charge in [0.1, 0.15) is 0 Å². The maximum Gasteiger partial charge on any atom is 0.182 e. The lowest BCUT2D eigenvalue weighted by atomic mass is 10.4. The summed E-state index contributed by atoms with van der Waals surface area (Å²) >= 11 is 9.31. The van der Waals surface area contributed by atoms with Crippen molar-refractivity contribution in [1.29, 1.82) is 0 Å².